The van der Waals surface area contributed by atoms with Gasteiger partial charge in [0.25, 0.3) is 5.91 Å². The van der Waals surface area contributed by atoms with Crippen LogP contribution in [0.4, 0.5) is 26.3 Å². The number of primary amides is 1. The molecule has 0 aliphatic heterocycles. The minimum atomic E-state index is -5.07. The van der Waals surface area contributed by atoms with Crippen LogP contribution in [0.15, 0.2) is 18.2 Å². The van der Waals surface area contributed by atoms with Gasteiger partial charge in [-0.3, -0.25) is 9.59 Å². The minimum Gasteiger partial charge on any atom is -0.368 e. The first-order valence-electron chi connectivity index (χ1n) is 7.17. The van der Waals surface area contributed by atoms with Gasteiger partial charge in [-0.15, -0.1) is 0 Å². The molecule has 0 heterocycles. The maximum atomic E-state index is 12.8. The maximum absolute atomic E-state index is 12.8. The second-order valence-electron chi connectivity index (χ2n) is 5.53. The van der Waals surface area contributed by atoms with Gasteiger partial charge in [-0.1, -0.05) is 20.3 Å². The number of amides is 2. The van der Waals surface area contributed by atoms with Gasteiger partial charge in [0.05, 0.1) is 11.1 Å². The largest absolute Gasteiger partial charge is 0.416 e. The number of nitrogens with two attached hydrogens (primary N) is 1. The first kappa shape index (κ1) is 20.8. The van der Waals surface area contributed by atoms with Crippen molar-refractivity contribution in [3.8, 4) is 0 Å². The van der Waals surface area contributed by atoms with Gasteiger partial charge < -0.3 is 11.1 Å². The molecule has 0 unspecified atom stereocenters. The fourth-order valence-electron chi connectivity index (χ4n) is 2.04. The summed E-state index contributed by atoms with van der Waals surface area (Å²) in [6.07, 6.45) is -9.74. The van der Waals surface area contributed by atoms with Crippen LogP contribution >= 0.6 is 0 Å². The molecule has 1 aromatic rings. The second-order valence-corrected chi connectivity index (χ2v) is 5.53. The van der Waals surface area contributed by atoms with E-state index in [1.807, 2.05) is 0 Å². The maximum Gasteiger partial charge on any atom is 0.416 e. The average molecular weight is 370 g/mol. The van der Waals surface area contributed by atoms with E-state index in [-0.39, 0.29) is 6.07 Å². The van der Waals surface area contributed by atoms with E-state index < -0.39 is 52.8 Å². The molecule has 0 aliphatic rings. The van der Waals surface area contributed by atoms with E-state index in [1.165, 1.54) is 0 Å². The molecule has 0 saturated heterocycles. The van der Waals surface area contributed by atoms with Crippen LogP contribution in [0, 0.1) is 5.92 Å². The molecule has 10 heteroatoms. The summed E-state index contributed by atoms with van der Waals surface area (Å²) in [6, 6.07) is -0.725. The number of rotatable bonds is 5. The Bertz CT molecular complexity index is 622. The van der Waals surface area contributed by atoms with E-state index in [1.54, 1.807) is 13.8 Å². The van der Waals surface area contributed by atoms with Gasteiger partial charge in [0, 0.05) is 5.56 Å². The van der Waals surface area contributed by atoms with Crippen LogP contribution in [-0.4, -0.2) is 17.9 Å². The van der Waals surface area contributed by atoms with Gasteiger partial charge in [0.15, 0.2) is 0 Å². The van der Waals surface area contributed by atoms with Crippen LogP contribution in [0.5, 0.6) is 0 Å². The highest BCUT2D eigenvalue weighted by Gasteiger charge is 2.37. The molecule has 25 heavy (non-hydrogen) atoms. The number of carbonyl (C=O) groups excluding carboxylic acids is 2. The number of benzene rings is 1. The SMILES string of the molecule is CC[C@H](C)[C@H](NC(=O)c1cc(C(F)(F)F)cc(C(F)(F)F)c1)C(N)=O. The van der Waals surface area contributed by atoms with E-state index in [0.717, 1.165) is 0 Å². The summed E-state index contributed by atoms with van der Waals surface area (Å²) in [5, 5.41) is 2.09. The van der Waals surface area contributed by atoms with Gasteiger partial charge >= 0.3 is 12.4 Å². The van der Waals surface area contributed by atoms with Crippen LogP contribution in [-0.2, 0) is 17.1 Å². The fraction of sp³-hybridized carbons (Fsp3) is 0.467. The number of halogens is 6. The zero-order valence-corrected chi connectivity index (χ0v) is 13.3. The lowest BCUT2D eigenvalue weighted by Gasteiger charge is -2.21. The molecule has 4 nitrogen and oxygen atoms in total. The summed E-state index contributed by atoms with van der Waals surface area (Å²) in [4.78, 5) is 23.5. The highest BCUT2D eigenvalue weighted by molar-refractivity contribution is 5.97. The van der Waals surface area contributed by atoms with Gasteiger partial charge in [-0.05, 0) is 24.1 Å². The Labute approximate surface area is 139 Å². The first-order valence-corrected chi connectivity index (χ1v) is 7.17. The Hall–Kier alpha value is -2.26. The fourth-order valence-corrected chi connectivity index (χ4v) is 2.04. The van der Waals surface area contributed by atoms with Crippen LogP contribution < -0.4 is 11.1 Å². The molecule has 0 radical (unpaired) electrons. The molecular weight excluding hydrogens is 354 g/mol. The van der Waals surface area contributed by atoms with Crippen molar-refractivity contribution in [3.05, 3.63) is 34.9 Å². The normalized spacial score (nSPS) is 14.7. The zero-order chi connectivity index (χ0) is 19.6. The van der Waals surface area contributed by atoms with Gasteiger partial charge in [-0.25, -0.2) is 0 Å². The van der Waals surface area contributed by atoms with Gasteiger partial charge in [0.1, 0.15) is 6.04 Å². The van der Waals surface area contributed by atoms with Crippen molar-refractivity contribution in [2.45, 2.75) is 38.7 Å². The number of hydrogen-bond acceptors (Lipinski definition) is 2. The third-order valence-corrected chi connectivity index (χ3v) is 3.66. The molecular formula is C15H16F6N2O2. The molecule has 3 N–H and O–H groups in total. The molecule has 1 rings (SSSR count). The summed E-state index contributed by atoms with van der Waals surface area (Å²) >= 11 is 0. The summed E-state index contributed by atoms with van der Waals surface area (Å²) in [5.74, 6) is -2.64. The molecule has 1 aromatic carbocycles. The molecule has 0 fully saturated rings. The van der Waals surface area contributed by atoms with E-state index in [9.17, 15) is 35.9 Å². The molecule has 0 spiro atoms. The Morgan fingerprint density at radius 2 is 1.48 bits per heavy atom. The zero-order valence-electron chi connectivity index (χ0n) is 13.3. The topological polar surface area (TPSA) is 72.2 Å². The van der Waals surface area contributed by atoms with Crippen LogP contribution in [0.3, 0.4) is 0 Å². The van der Waals surface area contributed by atoms with Crippen molar-refractivity contribution in [2.75, 3.05) is 0 Å². The summed E-state index contributed by atoms with van der Waals surface area (Å²) < 4.78 is 76.8. The number of hydrogen-bond donors (Lipinski definition) is 2. The molecule has 140 valence electrons. The van der Waals surface area contributed by atoms with Gasteiger partial charge in [0.2, 0.25) is 5.91 Å². The third-order valence-electron chi connectivity index (χ3n) is 3.66. The molecule has 2 amide bonds. The molecule has 2 atom stereocenters. The standard InChI is InChI=1S/C15H16F6N2O2/c1-3-7(2)11(12(22)24)23-13(25)8-4-9(14(16,17)18)6-10(5-8)15(19,20)21/h4-7,11H,3H2,1-2H3,(H2,22,24)(H,23,25)/t7-,11-/m0/s1. The van der Waals surface area contributed by atoms with E-state index >= 15 is 0 Å². The lowest BCUT2D eigenvalue weighted by atomic mass is 9.97. The van der Waals surface area contributed by atoms with Crippen molar-refractivity contribution in [2.24, 2.45) is 11.7 Å². The van der Waals surface area contributed by atoms with Crippen LogP contribution in [0.25, 0.3) is 0 Å². The molecule has 0 aliphatic carbocycles. The number of carbonyl (C=O) groups is 2. The Morgan fingerprint density at radius 1 is 1.04 bits per heavy atom. The average Bonchev–Trinajstić information content (AvgIpc) is 2.49. The Kier molecular flexibility index (Phi) is 6.09. The summed E-state index contributed by atoms with van der Waals surface area (Å²) in [5.41, 5.74) is 1.02. The second kappa shape index (κ2) is 7.32. The predicted molar refractivity (Wildman–Crippen MR) is 76.3 cm³/mol. The van der Waals surface area contributed by atoms with Crippen molar-refractivity contribution in [1.82, 2.24) is 5.32 Å². The number of nitrogens with one attached hydrogen (secondary N) is 1. The summed E-state index contributed by atoms with van der Waals surface area (Å²) in [7, 11) is 0. The molecule has 0 saturated carbocycles. The minimum absolute atomic E-state index is 0.0863. The monoisotopic (exact) mass is 370 g/mol. The highest BCUT2D eigenvalue weighted by atomic mass is 19.4. The van der Waals surface area contributed by atoms with E-state index in [2.05, 4.69) is 5.32 Å². The van der Waals surface area contributed by atoms with Crippen molar-refractivity contribution in [1.29, 1.82) is 0 Å². The summed E-state index contributed by atoms with van der Waals surface area (Å²) in [6.45, 7) is 3.24. The van der Waals surface area contributed by atoms with Crippen molar-refractivity contribution >= 4 is 11.8 Å². The molecule has 0 bridgehead atoms. The lowest BCUT2D eigenvalue weighted by molar-refractivity contribution is -0.143. The van der Waals surface area contributed by atoms with Crippen molar-refractivity contribution < 1.29 is 35.9 Å². The lowest BCUT2D eigenvalue weighted by Crippen LogP contribution is -2.48. The predicted octanol–water partition coefficient (Wildman–Crippen LogP) is 3.35. The number of alkyl halides is 6. The van der Waals surface area contributed by atoms with Crippen LogP contribution in [0.2, 0.25) is 0 Å². The third kappa shape index (κ3) is 5.36. The van der Waals surface area contributed by atoms with Crippen LogP contribution in [0.1, 0.15) is 41.8 Å². The van der Waals surface area contributed by atoms with E-state index in [4.69, 9.17) is 5.73 Å². The van der Waals surface area contributed by atoms with E-state index in [0.29, 0.717) is 18.6 Å². The quantitative estimate of drug-likeness (QED) is 0.781. The highest BCUT2D eigenvalue weighted by Crippen LogP contribution is 2.36. The molecule has 0 aromatic heterocycles. The van der Waals surface area contributed by atoms with Gasteiger partial charge in [-0.2, -0.15) is 26.3 Å². The smallest absolute Gasteiger partial charge is 0.368 e. The Morgan fingerprint density at radius 3 is 1.80 bits per heavy atom. The Balaban J connectivity index is 3.31. The van der Waals surface area contributed by atoms with Crippen molar-refractivity contribution in [3.63, 3.8) is 0 Å². The first-order chi connectivity index (χ1) is 11.3.